The van der Waals surface area contributed by atoms with Gasteiger partial charge in [0.25, 0.3) is 5.90 Å². The van der Waals surface area contributed by atoms with Gasteiger partial charge in [0, 0.05) is 17.4 Å². The fourth-order valence-electron chi connectivity index (χ4n) is 5.89. The molecule has 4 aliphatic rings. The minimum Gasteiger partial charge on any atom is -0.473 e. The van der Waals surface area contributed by atoms with Crippen LogP contribution in [-0.4, -0.2) is 42.4 Å². The van der Waals surface area contributed by atoms with E-state index in [-0.39, 0.29) is 17.5 Å². The second-order valence-corrected chi connectivity index (χ2v) is 11.8. The van der Waals surface area contributed by atoms with Crippen molar-refractivity contribution in [1.82, 2.24) is 5.32 Å². The van der Waals surface area contributed by atoms with Crippen molar-refractivity contribution in [2.24, 2.45) is 28.6 Å². The van der Waals surface area contributed by atoms with Crippen LogP contribution in [-0.2, 0) is 14.4 Å². The summed E-state index contributed by atoms with van der Waals surface area (Å²) in [4.78, 5) is 19.1. The molecule has 1 amide bonds. The summed E-state index contributed by atoms with van der Waals surface area (Å²) in [6, 6.07) is 0.278. The maximum Gasteiger partial charge on any atom is 0.264 e. The molecule has 3 N–H and O–H groups in total. The third-order valence-electron chi connectivity index (χ3n) is 7.94. The molecular weight excluding hydrogens is 422 g/mol. The van der Waals surface area contributed by atoms with Crippen molar-refractivity contribution in [2.75, 3.05) is 13.7 Å². The van der Waals surface area contributed by atoms with Gasteiger partial charge < -0.3 is 20.6 Å². The number of ether oxygens (including phenoxy) is 1. The van der Waals surface area contributed by atoms with E-state index in [0.717, 1.165) is 42.9 Å². The zero-order valence-corrected chi connectivity index (χ0v) is 20.6. The Balaban J connectivity index is 1.48. The molecule has 0 heterocycles. The van der Waals surface area contributed by atoms with Crippen LogP contribution in [0.15, 0.2) is 16.1 Å². The lowest BCUT2D eigenvalue weighted by molar-refractivity contribution is -0.118. The minimum atomic E-state index is -0.256. The summed E-state index contributed by atoms with van der Waals surface area (Å²) in [6.45, 7) is 2.67. The van der Waals surface area contributed by atoms with Gasteiger partial charge in [-0.1, -0.05) is 39.0 Å². The third-order valence-corrected chi connectivity index (χ3v) is 9.29. The molecule has 4 atom stereocenters. The number of hydrogen-bond donors (Lipinski definition) is 2. The van der Waals surface area contributed by atoms with Gasteiger partial charge >= 0.3 is 0 Å². The van der Waals surface area contributed by atoms with Crippen LogP contribution in [0.25, 0.3) is 0 Å². The van der Waals surface area contributed by atoms with Gasteiger partial charge in [-0.15, -0.1) is 11.8 Å². The molecule has 6 nitrogen and oxygen atoms in total. The average Bonchev–Trinajstić information content (AvgIpc) is 3.29. The highest BCUT2D eigenvalue weighted by molar-refractivity contribution is 8.04. The van der Waals surface area contributed by atoms with E-state index in [9.17, 15) is 4.79 Å². The SMILES string of the molecule is CCC1CC2CCCC(C2)[C@@H]1NC(=O)/C=C(SC1CCCC1)/C(=N\OC)OCC1(N)CC1. The maximum absolute atomic E-state index is 13.3. The Morgan fingerprint density at radius 3 is 2.66 bits per heavy atom. The van der Waals surface area contributed by atoms with Crippen LogP contribution in [0.4, 0.5) is 0 Å². The summed E-state index contributed by atoms with van der Waals surface area (Å²) in [7, 11) is 1.52. The van der Waals surface area contributed by atoms with Crippen LogP contribution in [0, 0.1) is 17.8 Å². The van der Waals surface area contributed by atoms with Gasteiger partial charge in [0.1, 0.15) is 13.7 Å². The van der Waals surface area contributed by atoms with Gasteiger partial charge in [-0.05, 0) is 67.9 Å². The van der Waals surface area contributed by atoms with Crippen molar-refractivity contribution in [3.05, 3.63) is 11.0 Å². The molecule has 4 saturated carbocycles. The molecule has 7 heteroatoms. The lowest BCUT2D eigenvalue weighted by Crippen LogP contribution is -2.50. The lowest BCUT2D eigenvalue weighted by atomic mass is 9.64. The highest BCUT2D eigenvalue weighted by Crippen LogP contribution is 2.44. The molecule has 4 fully saturated rings. The number of rotatable bonds is 9. The Morgan fingerprint density at radius 1 is 1.19 bits per heavy atom. The molecule has 32 heavy (non-hydrogen) atoms. The van der Waals surface area contributed by atoms with E-state index in [1.807, 2.05) is 0 Å². The summed E-state index contributed by atoms with van der Waals surface area (Å²) in [5.74, 6) is 2.42. The molecule has 0 aliphatic heterocycles. The summed E-state index contributed by atoms with van der Waals surface area (Å²) >= 11 is 1.71. The zero-order chi connectivity index (χ0) is 22.6. The highest BCUT2D eigenvalue weighted by Gasteiger charge is 2.41. The van der Waals surface area contributed by atoms with Crippen LogP contribution in [0.1, 0.15) is 84.0 Å². The van der Waals surface area contributed by atoms with E-state index < -0.39 is 0 Å². The molecule has 0 saturated heterocycles. The third kappa shape index (κ3) is 6.22. The molecule has 4 aliphatic carbocycles. The van der Waals surface area contributed by atoms with E-state index in [1.165, 1.54) is 52.1 Å². The number of oxime groups is 1. The Hall–Kier alpha value is -1.21. The van der Waals surface area contributed by atoms with Crippen LogP contribution in [0.3, 0.4) is 0 Å². The molecular formula is C25H41N3O3S. The van der Waals surface area contributed by atoms with Crippen molar-refractivity contribution < 1.29 is 14.4 Å². The number of nitrogens with two attached hydrogens (primary N) is 1. The Kier molecular flexibility index (Phi) is 8.09. The smallest absolute Gasteiger partial charge is 0.264 e. The normalized spacial score (nSPS) is 32.5. The van der Waals surface area contributed by atoms with E-state index in [0.29, 0.717) is 29.6 Å². The van der Waals surface area contributed by atoms with Crippen molar-refractivity contribution in [1.29, 1.82) is 0 Å². The summed E-state index contributed by atoms with van der Waals surface area (Å²) in [5, 5.41) is 8.05. The van der Waals surface area contributed by atoms with E-state index in [1.54, 1.807) is 17.8 Å². The van der Waals surface area contributed by atoms with Crippen LogP contribution < -0.4 is 11.1 Å². The van der Waals surface area contributed by atoms with Gasteiger partial charge in [-0.25, -0.2) is 0 Å². The molecule has 0 spiro atoms. The van der Waals surface area contributed by atoms with E-state index >= 15 is 0 Å². The van der Waals surface area contributed by atoms with E-state index in [4.69, 9.17) is 15.3 Å². The number of nitrogens with zero attached hydrogens (tertiary/aromatic N) is 1. The molecule has 0 aromatic heterocycles. The topological polar surface area (TPSA) is 85.9 Å². The van der Waals surface area contributed by atoms with Crippen LogP contribution in [0.5, 0.6) is 0 Å². The summed E-state index contributed by atoms with van der Waals surface area (Å²) < 4.78 is 6.01. The zero-order valence-electron chi connectivity index (χ0n) is 19.8. The highest BCUT2D eigenvalue weighted by atomic mass is 32.2. The predicted octanol–water partition coefficient (Wildman–Crippen LogP) is 4.74. The monoisotopic (exact) mass is 463 g/mol. The van der Waals surface area contributed by atoms with Crippen molar-refractivity contribution >= 4 is 23.6 Å². The number of amides is 1. The number of nitrogens with one attached hydrogen (secondary N) is 1. The summed E-state index contributed by atoms with van der Waals surface area (Å²) in [6.07, 6.45) is 16.0. The predicted molar refractivity (Wildman–Crippen MR) is 130 cm³/mol. The molecule has 2 bridgehead atoms. The fraction of sp³-hybridized carbons (Fsp3) is 0.840. The van der Waals surface area contributed by atoms with Gasteiger partial charge in [0.15, 0.2) is 0 Å². The molecule has 0 radical (unpaired) electrons. The number of carbonyl (C=O) groups excluding carboxylic acids is 1. The lowest BCUT2D eigenvalue weighted by Gasteiger charge is -2.45. The van der Waals surface area contributed by atoms with Crippen molar-refractivity contribution in [2.45, 2.75) is 101 Å². The van der Waals surface area contributed by atoms with Gasteiger partial charge in [-0.3, -0.25) is 4.79 Å². The first kappa shape index (κ1) is 23.9. The number of fused-ring (bicyclic) bond motifs is 2. The number of hydrogen-bond acceptors (Lipinski definition) is 6. The van der Waals surface area contributed by atoms with Crippen LogP contribution in [0.2, 0.25) is 0 Å². The molecule has 180 valence electrons. The maximum atomic E-state index is 13.3. The Labute approximate surface area is 197 Å². The van der Waals surface area contributed by atoms with Gasteiger partial charge in [-0.2, -0.15) is 0 Å². The molecule has 4 rings (SSSR count). The largest absolute Gasteiger partial charge is 0.473 e. The first-order valence-electron chi connectivity index (χ1n) is 12.7. The molecule has 0 aromatic rings. The number of thioether (sulfide) groups is 1. The Bertz CT molecular complexity index is 713. The molecule has 3 unspecified atom stereocenters. The van der Waals surface area contributed by atoms with E-state index in [2.05, 4.69) is 17.4 Å². The van der Waals surface area contributed by atoms with Gasteiger partial charge in [0.2, 0.25) is 5.91 Å². The minimum absolute atomic E-state index is 0.0285. The average molecular weight is 464 g/mol. The Morgan fingerprint density at radius 2 is 1.97 bits per heavy atom. The van der Waals surface area contributed by atoms with Gasteiger partial charge in [0.05, 0.1) is 10.4 Å². The fourth-order valence-corrected chi connectivity index (χ4v) is 7.19. The number of carbonyl (C=O) groups is 1. The second-order valence-electron chi connectivity index (χ2n) is 10.5. The van der Waals surface area contributed by atoms with Crippen molar-refractivity contribution in [3.63, 3.8) is 0 Å². The standard InChI is InChI=1S/C25H41N3O3S/c1-3-18-13-17-7-6-8-19(14-17)23(18)27-22(29)15-21(32-20-9-4-5-10-20)24(28-30-2)31-16-25(26)11-12-25/h15,17-20,23H,3-14,16,26H2,1-2H3,(H,27,29)/b21-15-,28-24+/t17?,18?,19?,23-/m1/s1. The second kappa shape index (κ2) is 10.8. The first-order valence-corrected chi connectivity index (χ1v) is 13.6. The first-order chi connectivity index (χ1) is 15.5. The molecule has 0 aromatic carbocycles. The van der Waals surface area contributed by atoms with Crippen molar-refractivity contribution in [3.8, 4) is 0 Å². The summed E-state index contributed by atoms with van der Waals surface area (Å²) in [5.41, 5.74) is 5.98. The quantitative estimate of drug-likeness (QED) is 0.223. The van der Waals surface area contributed by atoms with Crippen LogP contribution >= 0.6 is 11.8 Å².